The molecule has 0 spiro atoms. The lowest BCUT2D eigenvalue weighted by Crippen LogP contribution is -2.35. The molecule has 1 atom stereocenters. The lowest BCUT2D eigenvalue weighted by atomic mass is 9.97. The van der Waals surface area contributed by atoms with Crippen molar-refractivity contribution in [3.05, 3.63) is 0 Å². The van der Waals surface area contributed by atoms with Crippen molar-refractivity contribution in [2.45, 2.75) is 46.0 Å². The Hall–Kier alpha value is -0.570. The molecule has 0 aliphatic rings. The van der Waals surface area contributed by atoms with Crippen LogP contribution < -0.4 is 10.6 Å². The van der Waals surface area contributed by atoms with Crippen molar-refractivity contribution in [3.63, 3.8) is 0 Å². The van der Waals surface area contributed by atoms with Crippen LogP contribution in [0.5, 0.6) is 0 Å². The standard InChI is InChI=1S/C12H26N2O/c1-4-6-8-11(7-5-2)9-14-12(15)10-13-3/h11,13H,4-10H2,1-3H3,(H,14,15). The molecule has 0 aliphatic carbocycles. The second-order valence-electron chi connectivity index (χ2n) is 4.13. The first-order valence-corrected chi connectivity index (χ1v) is 6.15. The van der Waals surface area contributed by atoms with Gasteiger partial charge in [-0.1, -0.05) is 33.1 Å². The molecule has 0 aromatic rings. The van der Waals surface area contributed by atoms with Gasteiger partial charge in [-0.25, -0.2) is 0 Å². The Labute approximate surface area is 94.0 Å². The summed E-state index contributed by atoms with van der Waals surface area (Å²) in [7, 11) is 1.79. The first-order chi connectivity index (χ1) is 7.24. The Morgan fingerprint density at radius 3 is 2.47 bits per heavy atom. The number of nitrogens with one attached hydrogen (secondary N) is 2. The molecule has 0 aromatic carbocycles. The Morgan fingerprint density at radius 1 is 1.20 bits per heavy atom. The van der Waals surface area contributed by atoms with E-state index in [0.717, 1.165) is 6.54 Å². The second kappa shape index (κ2) is 9.97. The van der Waals surface area contributed by atoms with Gasteiger partial charge in [-0.05, 0) is 25.8 Å². The van der Waals surface area contributed by atoms with Gasteiger partial charge in [-0.15, -0.1) is 0 Å². The van der Waals surface area contributed by atoms with Gasteiger partial charge in [0.1, 0.15) is 0 Å². The summed E-state index contributed by atoms with van der Waals surface area (Å²) in [6.45, 7) is 5.68. The summed E-state index contributed by atoms with van der Waals surface area (Å²) in [6, 6.07) is 0. The van der Waals surface area contributed by atoms with Crippen LogP contribution in [0.1, 0.15) is 46.0 Å². The zero-order chi connectivity index (χ0) is 11.5. The largest absolute Gasteiger partial charge is 0.355 e. The number of amides is 1. The first kappa shape index (κ1) is 14.4. The van der Waals surface area contributed by atoms with Crippen LogP contribution in [0.2, 0.25) is 0 Å². The van der Waals surface area contributed by atoms with Gasteiger partial charge in [-0.3, -0.25) is 4.79 Å². The number of hydrogen-bond acceptors (Lipinski definition) is 2. The van der Waals surface area contributed by atoms with E-state index >= 15 is 0 Å². The van der Waals surface area contributed by atoms with E-state index in [1.807, 2.05) is 0 Å². The van der Waals surface area contributed by atoms with Crippen LogP contribution in [0.25, 0.3) is 0 Å². The minimum atomic E-state index is 0.107. The van der Waals surface area contributed by atoms with E-state index in [1.165, 1.54) is 32.1 Å². The van der Waals surface area contributed by atoms with Crippen molar-refractivity contribution in [2.24, 2.45) is 5.92 Å². The van der Waals surface area contributed by atoms with Gasteiger partial charge in [0.05, 0.1) is 6.54 Å². The lowest BCUT2D eigenvalue weighted by molar-refractivity contribution is -0.120. The quantitative estimate of drug-likeness (QED) is 0.616. The summed E-state index contributed by atoms with van der Waals surface area (Å²) in [5.74, 6) is 0.769. The fourth-order valence-electron chi connectivity index (χ4n) is 1.73. The number of rotatable bonds is 9. The normalized spacial score (nSPS) is 12.5. The number of hydrogen-bond donors (Lipinski definition) is 2. The van der Waals surface area contributed by atoms with Crippen LogP contribution in [0.3, 0.4) is 0 Å². The van der Waals surface area contributed by atoms with Crippen LogP contribution in [-0.2, 0) is 4.79 Å². The molecule has 0 saturated carbocycles. The molecule has 0 heterocycles. The Balaban J connectivity index is 3.68. The third-order valence-electron chi connectivity index (χ3n) is 2.59. The van der Waals surface area contributed by atoms with Crippen LogP contribution >= 0.6 is 0 Å². The maximum Gasteiger partial charge on any atom is 0.233 e. The molecule has 0 saturated heterocycles. The summed E-state index contributed by atoms with van der Waals surface area (Å²) in [5.41, 5.74) is 0. The molecule has 1 unspecified atom stereocenters. The number of carbonyl (C=O) groups excluding carboxylic acids is 1. The molecule has 1 amide bonds. The zero-order valence-corrected chi connectivity index (χ0v) is 10.4. The van der Waals surface area contributed by atoms with Crippen molar-refractivity contribution < 1.29 is 4.79 Å². The molecule has 3 nitrogen and oxygen atoms in total. The molecule has 90 valence electrons. The second-order valence-corrected chi connectivity index (χ2v) is 4.13. The molecule has 2 N–H and O–H groups in total. The zero-order valence-electron chi connectivity index (χ0n) is 10.4. The fraction of sp³-hybridized carbons (Fsp3) is 0.917. The molecule has 0 aliphatic heterocycles. The van der Waals surface area contributed by atoms with Gasteiger partial charge >= 0.3 is 0 Å². The molecule has 0 aromatic heterocycles. The summed E-state index contributed by atoms with van der Waals surface area (Å²) in [4.78, 5) is 11.3. The summed E-state index contributed by atoms with van der Waals surface area (Å²) in [5, 5.41) is 5.83. The lowest BCUT2D eigenvalue weighted by Gasteiger charge is -2.16. The minimum absolute atomic E-state index is 0.107. The summed E-state index contributed by atoms with van der Waals surface area (Å²) in [6.07, 6.45) is 6.18. The van der Waals surface area contributed by atoms with E-state index in [2.05, 4.69) is 24.5 Å². The van der Waals surface area contributed by atoms with Gasteiger partial charge < -0.3 is 10.6 Å². The smallest absolute Gasteiger partial charge is 0.233 e. The summed E-state index contributed by atoms with van der Waals surface area (Å²) >= 11 is 0. The first-order valence-electron chi connectivity index (χ1n) is 6.15. The van der Waals surface area contributed by atoms with E-state index < -0.39 is 0 Å². The molecule has 0 radical (unpaired) electrons. The highest BCUT2D eigenvalue weighted by atomic mass is 16.1. The van der Waals surface area contributed by atoms with Crippen LogP contribution in [0, 0.1) is 5.92 Å². The van der Waals surface area contributed by atoms with Crippen molar-refractivity contribution in [1.29, 1.82) is 0 Å². The summed E-state index contributed by atoms with van der Waals surface area (Å²) < 4.78 is 0. The SMILES string of the molecule is CCCCC(CCC)CNC(=O)CNC. The van der Waals surface area contributed by atoms with E-state index in [4.69, 9.17) is 0 Å². The van der Waals surface area contributed by atoms with Crippen molar-refractivity contribution >= 4 is 5.91 Å². The van der Waals surface area contributed by atoms with E-state index in [9.17, 15) is 4.79 Å². The number of unbranched alkanes of at least 4 members (excludes halogenated alkanes) is 1. The average Bonchev–Trinajstić information content (AvgIpc) is 2.22. The van der Waals surface area contributed by atoms with Gasteiger partial charge in [0.15, 0.2) is 0 Å². The van der Waals surface area contributed by atoms with Gasteiger partial charge in [0, 0.05) is 6.54 Å². The molecule has 3 heteroatoms. The third-order valence-corrected chi connectivity index (χ3v) is 2.59. The van der Waals surface area contributed by atoms with Crippen molar-refractivity contribution in [1.82, 2.24) is 10.6 Å². The number of likely N-dealkylation sites (N-methyl/N-ethyl adjacent to an activating group) is 1. The van der Waals surface area contributed by atoms with Crippen LogP contribution in [0.15, 0.2) is 0 Å². The maximum absolute atomic E-state index is 11.3. The molecule has 0 fully saturated rings. The molecular formula is C12H26N2O. The average molecular weight is 214 g/mol. The highest BCUT2D eigenvalue weighted by Gasteiger charge is 2.08. The Morgan fingerprint density at radius 2 is 1.93 bits per heavy atom. The highest BCUT2D eigenvalue weighted by Crippen LogP contribution is 2.13. The van der Waals surface area contributed by atoms with Crippen molar-refractivity contribution in [3.8, 4) is 0 Å². The Bertz CT molecular complexity index is 160. The van der Waals surface area contributed by atoms with Gasteiger partial charge in [0.2, 0.25) is 5.91 Å². The fourth-order valence-corrected chi connectivity index (χ4v) is 1.73. The third kappa shape index (κ3) is 8.43. The topological polar surface area (TPSA) is 41.1 Å². The van der Waals surface area contributed by atoms with Gasteiger partial charge in [-0.2, -0.15) is 0 Å². The highest BCUT2D eigenvalue weighted by molar-refractivity contribution is 5.77. The molecule has 15 heavy (non-hydrogen) atoms. The number of carbonyl (C=O) groups is 1. The van der Waals surface area contributed by atoms with Crippen LogP contribution in [0.4, 0.5) is 0 Å². The maximum atomic E-state index is 11.3. The minimum Gasteiger partial charge on any atom is -0.355 e. The Kier molecular flexibility index (Phi) is 9.59. The van der Waals surface area contributed by atoms with E-state index in [1.54, 1.807) is 7.05 Å². The van der Waals surface area contributed by atoms with E-state index in [0.29, 0.717) is 12.5 Å². The van der Waals surface area contributed by atoms with Gasteiger partial charge in [0.25, 0.3) is 0 Å². The van der Waals surface area contributed by atoms with Crippen LogP contribution in [-0.4, -0.2) is 26.0 Å². The van der Waals surface area contributed by atoms with Crippen molar-refractivity contribution in [2.75, 3.05) is 20.1 Å². The predicted octanol–water partition coefficient (Wildman–Crippen LogP) is 1.93. The van der Waals surface area contributed by atoms with E-state index in [-0.39, 0.29) is 5.91 Å². The predicted molar refractivity (Wildman–Crippen MR) is 64.9 cm³/mol. The molecular weight excluding hydrogens is 188 g/mol. The molecule has 0 bridgehead atoms. The monoisotopic (exact) mass is 214 g/mol. The molecule has 0 rings (SSSR count).